The number of hydrogen-bond acceptors (Lipinski definition) is 8. The quantitative estimate of drug-likeness (QED) is 0.338. The lowest BCUT2D eigenvalue weighted by Gasteiger charge is -2.39. The molecule has 2 aromatic heterocycles. The minimum Gasteiger partial charge on any atom is -0.494 e. The number of piperazine rings is 1. The summed E-state index contributed by atoms with van der Waals surface area (Å²) < 4.78 is 7.23. The molecule has 1 aliphatic rings. The maximum atomic E-state index is 13.2. The lowest BCUT2D eigenvalue weighted by molar-refractivity contribution is -0.111. The predicted octanol–water partition coefficient (Wildman–Crippen LogP) is 4.11. The van der Waals surface area contributed by atoms with Gasteiger partial charge in [-0.1, -0.05) is 12.6 Å². The molecule has 2 N–H and O–H groups in total. The lowest BCUT2D eigenvalue weighted by Crippen LogP contribution is -2.50. The number of methoxy groups -OCH3 is 1. The second-order valence-corrected chi connectivity index (χ2v) is 9.96. The summed E-state index contributed by atoms with van der Waals surface area (Å²) in [6.45, 7) is 10.5. The minimum atomic E-state index is -0.339. The van der Waals surface area contributed by atoms with Gasteiger partial charge < -0.3 is 25.2 Å². The molecule has 10 nitrogen and oxygen atoms in total. The number of nitrogens with one attached hydrogen (secondary N) is 2. The number of aryl methyl sites for hydroxylation is 1. The number of pyridine rings is 1. The standard InChI is InChI=1S/C30H33N7O3/c1-6-27(38)32-21-8-7-9-23(15-21)37-28(39)14-19(2)24-17-31-30(34-29(24)37)33-25-11-10-22(16-26(25)40-5)36-13-12-35(4)20(3)18-36/h6-11,14-17,20H,1,12-13,18H2,2-5H3,(H,32,38)(H,31,33,34)/t20-/m0/s1. The topological polar surface area (TPSA) is 105 Å². The van der Waals surface area contributed by atoms with E-state index in [0.717, 1.165) is 36.3 Å². The van der Waals surface area contributed by atoms with E-state index in [1.165, 1.54) is 10.6 Å². The highest BCUT2D eigenvalue weighted by Crippen LogP contribution is 2.32. The molecule has 0 unspecified atom stereocenters. The number of carbonyl (C=O) groups is 1. The molecule has 3 heterocycles. The van der Waals surface area contributed by atoms with Crippen LogP contribution >= 0.6 is 0 Å². The molecule has 5 rings (SSSR count). The van der Waals surface area contributed by atoms with Gasteiger partial charge in [-0.3, -0.25) is 14.2 Å². The number of carbonyl (C=O) groups excluding carboxylic acids is 1. The number of anilines is 4. The molecule has 0 bridgehead atoms. The van der Waals surface area contributed by atoms with Crippen LogP contribution < -0.4 is 25.8 Å². The summed E-state index contributed by atoms with van der Waals surface area (Å²) in [5.74, 6) is 0.649. The zero-order chi connectivity index (χ0) is 28.4. The van der Waals surface area contributed by atoms with E-state index in [0.29, 0.717) is 40.4 Å². The second-order valence-electron chi connectivity index (χ2n) is 9.96. The fourth-order valence-electron chi connectivity index (χ4n) is 4.86. The number of fused-ring (bicyclic) bond motifs is 1. The Labute approximate surface area is 232 Å². The van der Waals surface area contributed by atoms with Crippen LogP contribution in [0.25, 0.3) is 16.7 Å². The average molecular weight is 540 g/mol. The van der Waals surface area contributed by atoms with E-state index in [2.05, 4.69) is 52.0 Å². The highest BCUT2D eigenvalue weighted by atomic mass is 16.5. The van der Waals surface area contributed by atoms with Gasteiger partial charge in [0, 0.05) is 60.8 Å². The van der Waals surface area contributed by atoms with Crippen molar-refractivity contribution >= 4 is 40.0 Å². The molecule has 206 valence electrons. The van der Waals surface area contributed by atoms with Crippen molar-refractivity contribution in [1.82, 2.24) is 19.4 Å². The molecule has 1 fully saturated rings. The Bertz CT molecular complexity index is 1650. The van der Waals surface area contributed by atoms with E-state index in [9.17, 15) is 9.59 Å². The summed E-state index contributed by atoms with van der Waals surface area (Å²) in [7, 11) is 3.79. The van der Waals surface area contributed by atoms with Gasteiger partial charge in [0.1, 0.15) is 5.75 Å². The average Bonchev–Trinajstić information content (AvgIpc) is 2.94. The Morgan fingerprint density at radius 3 is 2.73 bits per heavy atom. The van der Waals surface area contributed by atoms with E-state index < -0.39 is 0 Å². The number of nitrogens with zero attached hydrogens (tertiary/aromatic N) is 5. The third-order valence-corrected chi connectivity index (χ3v) is 7.28. The summed E-state index contributed by atoms with van der Waals surface area (Å²) in [4.78, 5) is 39.0. The molecule has 4 aromatic rings. The van der Waals surface area contributed by atoms with Crippen LogP contribution in [-0.4, -0.2) is 65.2 Å². The molecule has 40 heavy (non-hydrogen) atoms. The summed E-state index contributed by atoms with van der Waals surface area (Å²) in [6, 6.07) is 15.1. The van der Waals surface area contributed by atoms with Gasteiger partial charge in [-0.15, -0.1) is 0 Å². The van der Waals surface area contributed by atoms with Crippen LogP contribution in [0.5, 0.6) is 5.75 Å². The van der Waals surface area contributed by atoms with Gasteiger partial charge >= 0.3 is 0 Å². The zero-order valence-electron chi connectivity index (χ0n) is 23.1. The molecule has 1 saturated heterocycles. The first kappa shape index (κ1) is 26.9. The van der Waals surface area contributed by atoms with E-state index in [-0.39, 0.29) is 11.5 Å². The van der Waals surface area contributed by atoms with Gasteiger partial charge in [-0.2, -0.15) is 4.98 Å². The Kier molecular flexibility index (Phi) is 7.52. The lowest BCUT2D eigenvalue weighted by atomic mass is 10.1. The fourth-order valence-corrected chi connectivity index (χ4v) is 4.86. The fraction of sp³-hybridized carbons (Fsp3) is 0.267. The first-order valence-corrected chi connectivity index (χ1v) is 13.1. The van der Waals surface area contributed by atoms with Crippen molar-refractivity contribution in [2.24, 2.45) is 0 Å². The predicted molar refractivity (Wildman–Crippen MR) is 159 cm³/mol. The Morgan fingerprint density at radius 2 is 1.98 bits per heavy atom. The second kappa shape index (κ2) is 11.2. The van der Waals surface area contributed by atoms with Gasteiger partial charge in [-0.05, 0) is 62.9 Å². The number of amides is 1. The van der Waals surface area contributed by atoms with E-state index >= 15 is 0 Å². The van der Waals surface area contributed by atoms with Crippen LogP contribution in [0.4, 0.5) is 23.0 Å². The molecule has 0 radical (unpaired) electrons. The van der Waals surface area contributed by atoms with E-state index in [4.69, 9.17) is 9.72 Å². The summed E-state index contributed by atoms with van der Waals surface area (Å²) in [6.07, 6.45) is 2.89. The Balaban J connectivity index is 1.51. The Morgan fingerprint density at radius 1 is 1.15 bits per heavy atom. The summed E-state index contributed by atoms with van der Waals surface area (Å²) >= 11 is 0. The van der Waals surface area contributed by atoms with Crippen LogP contribution in [0.3, 0.4) is 0 Å². The molecule has 0 aliphatic carbocycles. The van der Waals surface area contributed by atoms with Crippen LogP contribution in [-0.2, 0) is 4.79 Å². The van der Waals surface area contributed by atoms with Gasteiger partial charge in [0.25, 0.3) is 5.56 Å². The highest BCUT2D eigenvalue weighted by molar-refractivity contribution is 5.99. The number of rotatable bonds is 7. The first-order chi connectivity index (χ1) is 19.3. The smallest absolute Gasteiger partial charge is 0.257 e. The Hall–Kier alpha value is -4.70. The molecule has 1 amide bonds. The molecule has 0 spiro atoms. The van der Waals surface area contributed by atoms with Crippen molar-refractivity contribution in [3.05, 3.63) is 83.3 Å². The molecule has 10 heteroatoms. The van der Waals surface area contributed by atoms with Gasteiger partial charge in [-0.25, -0.2) is 4.98 Å². The van der Waals surface area contributed by atoms with Crippen molar-refractivity contribution in [2.75, 3.05) is 49.3 Å². The number of ether oxygens (including phenoxy) is 1. The zero-order valence-corrected chi connectivity index (χ0v) is 23.1. The van der Waals surface area contributed by atoms with Crippen molar-refractivity contribution in [1.29, 1.82) is 0 Å². The van der Waals surface area contributed by atoms with Crippen LogP contribution in [0, 0.1) is 6.92 Å². The SMILES string of the molecule is C=CC(=O)Nc1cccc(-n2c(=O)cc(C)c3cnc(Nc4ccc(N5CCN(C)[C@@H](C)C5)cc4OC)nc32)c1. The third kappa shape index (κ3) is 5.39. The maximum Gasteiger partial charge on any atom is 0.257 e. The number of likely N-dealkylation sites (N-methyl/N-ethyl adjacent to an activating group) is 1. The van der Waals surface area contributed by atoms with E-state index in [1.807, 2.05) is 19.1 Å². The minimum absolute atomic E-state index is 0.245. The number of hydrogen-bond donors (Lipinski definition) is 2. The maximum absolute atomic E-state index is 13.2. The monoisotopic (exact) mass is 539 g/mol. The normalized spacial score (nSPS) is 15.6. The van der Waals surface area contributed by atoms with Gasteiger partial charge in [0.2, 0.25) is 11.9 Å². The van der Waals surface area contributed by atoms with E-state index in [1.54, 1.807) is 43.6 Å². The van der Waals surface area contributed by atoms with Crippen LogP contribution in [0.15, 0.2) is 72.2 Å². The molecule has 0 saturated carbocycles. The van der Waals surface area contributed by atoms with Crippen LogP contribution in [0.1, 0.15) is 12.5 Å². The summed E-state index contributed by atoms with van der Waals surface area (Å²) in [5, 5.41) is 6.73. The van der Waals surface area contributed by atoms with Gasteiger partial charge in [0.05, 0.1) is 18.5 Å². The highest BCUT2D eigenvalue weighted by Gasteiger charge is 2.22. The number of aromatic nitrogens is 3. The summed E-state index contributed by atoms with van der Waals surface area (Å²) in [5.41, 5.74) is 3.86. The molecule has 2 aromatic carbocycles. The molecular formula is C30H33N7O3. The van der Waals surface area contributed by atoms with Crippen molar-refractivity contribution < 1.29 is 9.53 Å². The van der Waals surface area contributed by atoms with Crippen molar-refractivity contribution in [3.8, 4) is 11.4 Å². The van der Waals surface area contributed by atoms with Crippen molar-refractivity contribution in [2.45, 2.75) is 19.9 Å². The number of benzene rings is 2. The third-order valence-electron chi connectivity index (χ3n) is 7.28. The van der Waals surface area contributed by atoms with Crippen LogP contribution in [0.2, 0.25) is 0 Å². The molecular weight excluding hydrogens is 506 g/mol. The van der Waals surface area contributed by atoms with Gasteiger partial charge in [0.15, 0.2) is 5.65 Å². The largest absolute Gasteiger partial charge is 0.494 e. The molecule has 1 aliphatic heterocycles. The van der Waals surface area contributed by atoms with Crippen molar-refractivity contribution in [3.63, 3.8) is 0 Å². The molecule has 1 atom stereocenters. The first-order valence-electron chi connectivity index (χ1n) is 13.1.